The van der Waals surface area contributed by atoms with Gasteiger partial charge in [0.25, 0.3) is 0 Å². The number of hydrogen-bond acceptors (Lipinski definition) is 2. The van der Waals surface area contributed by atoms with Crippen molar-refractivity contribution in [2.75, 3.05) is 6.61 Å². The molecule has 1 aromatic carbocycles. The van der Waals surface area contributed by atoms with Crippen LogP contribution in [-0.2, 0) is 4.74 Å². The molecule has 0 aromatic heterocycles. The van der Waals surface area contributed by atoms with E-state index in [0.717, 1.165) is 17.8 Å². The van der Waals surface area contributed by atoms with Gasteiger partial charge in [0.05, 0.1) is 6.10 Å². The van der Waals surface area contributed by atoms with Crippen molar-refractivity contribution in [1.82, 2.24) is 0 Å². The summed E-state index contributed by atoms with van der Waals surface area (Å²) in [4.78, 5) is 1.44. The molecule has 0 spiro atoms. The SMILES string of the molecule is CC[C@@H]1Sc2ccccc2[C@@H]2OCC[C@@H]12. The van der Waals surface area contributed by atoms with E-state index in [1.54, 1.807) is 0 Å². The number of benzene rings is 1. The molecule has 1 fully saturated rings. The highest BCUT2D eigenvalue weighted by molar-refractivity contribution is 8.00. The van der Waals surface area contributed by atoms with Crippen LogP contribution in [0.2, 0.25) is 0 Å². The molecule has 1 nitrogen and oxygen atoms in total. The van der Waals surface area contributed by atoms with Crippen LogP contribution in [-0.4, -0.2) is 11.9 Å². The van der Waals surface area contributed by atoms with E-state index in [1.165, 1.54) is 23.3 Å². The van der Waals surface area contributed by atoms with Crippen LogP contribution in [0.3, 0.4) is 0 Å². The monoisotopic (exact) mass is 220 g/mol. The van der Waals surface area contributed by atoms with Gasteiger partial charge in [0.1, 0.15) is 0 Å². The standard InChI is InChI=1S/C13H16OS/c1-2-11-10-7-8-14-13(10)9-5-3-4-6-12(9)15-11/h3-6,10-11,13H,2,7-8H2,1H3/t10-,11-,13-/m0/s1. The Balaban J connectivity index is 2.03. The van der Waals surface area contributed by atoms with Crippen molar-refractivity contribution in [1.29, 1.82) is 0 Å². The molecule has 2 aliphatic rings. The minimum atomic E-state index is 0.382. The van der Waals surface area contributed by atoms with Gasteiger partial charge in [-0.15, -0.1) is 11.8 Å². The maximum absolute atomic E-state index is 5.90. The molecule has 0 aliphatic carbocycles. The lowest BCUT2D eigenvalue weighted by Crippen LogP contribution is -2.24. The molecule has 0 radical (unpaired) electrons. The first kappa shape index (κ1) is 9.73. The lowest BCUT2D eigenvalue weighted by Gasteiger charge is -2.33. The van der Waals surface area contributed by atoms with Gasteiger partial charge in [-0.05, 0) is 24.5 Å². The predicted octanol–water partition coefficient (Wildman–Crippen LogP) is 3.65. The van der Waals surface area contributed by atoms with Gasteiger partial charge in [-0.3, -0.25) is 0 Å². The molecule has 1 saturated heterocycles. The van der Waals surface area contributed by atoms with Crippen LogP contribution >= 0.6 is 11.8 Å². The molecule has 80 valence electrons. The van der Waals surface area contributed by atoms with E-state index in [1.807, 2.05) is 0 Å². The van der Waals surface area contributed by atoms with Crippen LogP contribution in [0, 0.1) is 5.92 Å². The first-order valence-electron chi connectivity index (χ1n) is 5.77. The van der Waals surface area contributed by atoms with E-state index in [2.05, 4.69) is 43.0 Å². The zero-order valence-electron chi connectivity index (χ0n) is 8.98. The summed E-state index contributed by atoms with van der Waals surface area (Å²) in [6.45, 7) is 3.24. The Bertz CT molecular complexity index is 363. The molecule has 0 N–H and O–H groups in total. The first-order valence-corrected chi connectivity index (χ1v) is 6.65. The van der Waals surface area contributed by atoms with Gasteiger partial charge in [0, 0.05) is 22.7 Å². The van der Waals surface area contributed by atoms with Crippen molar-refractivity contribution >= 4 is 11.8 Å². The van der Waals surface area contributed by atoms with Gasteiger partial charge in [-0.2, -0.15) is 0 Å². The molecule has 3 rings (SSSR count). The zero-order valence-corrected chi connectivity index (χ0v) is 9.80. The van der Waals surface area contributed by atoms with E-state index >= 15 is 0 Å². The number of fused-ring (bicyclic) bond motifs is 3. The largest absolute Gasteiger partial charge is 0.373 e. The third-order valence-corrected chi connectivity index (χ3v) is 5.13. The average molecular weight is 220 g/mol. The molecule has 15 heavy (non-hydrogen) atoms. The molecular formula is C13H16OS. The predicted molar refractivity (Wildman–Crippen MR) is 63.2 cm³/mol. The fourth-order valence-electron chi connectivity index (χ4n) is 2.77. The molecular weight excluding hydrogens is 204 g/mol. The Morgan fingerprint density at radius 2 is 2.27 bits per heavy atom. The molecule has 0 unspecified atom stereocenters. The first-order chi connectivity index (χ1) is 7.40. The summed E-state index contributed by atoms with van der Waals surface area (Å²) >= 11 is 2.05. The Kier molecular flexibility index (Phi) is 2.49. The summed E-state index contributed by atoms with van der Waals surface area (Å²) in [6, 6.07) is 8.73. The summed E-state index contributed by atoms with van der Waals surface area (Å²) in [5.41, 5.74) is 1.43. The van der Waals surface area contributed by atoms with Crippen LogP contribution in [0.25, 0.3) is 0 Å². The van der Waals surface area contributed by atoms with Gasteiger partial charge >= 0.3 is 0 Å². The van der Waals surface area contributed by atoms with Crippen molar-refractivity contribution < 1.29 is 4.74 Å². The number of hydrogen-bond donors (Lipinski definition) is 0. The van der Waals surface area contributed by atoms with Gasteiger partial charge in [-0.25, -0.2) is 0 Å². The molecule has 2 aliphatic heterocycles. The normalized spacial score (nSPS) is 33.5. The summed E-state index contributed by atoms with van der Waals surface area (Å²) in [5, 5.41) is 0.757. The number of thioether (sulfide) groups is 1. The van der Waals surface area contributed by atoms with Crippen LogP contribution in [0.4, 0.5) is 0 Å². The fourth-order valence-corrected chi connectivity index (χ4v) is 4.19. The molecule has 2 heterocycles. The lowest BCUT2D eigenvalue weighted by molar-refractivity contribution is 0.0859. The smallest absolute Gasteiger partial charge is 0.0875 e. The Hall–Kier alpha value is -0.470. The highest BCUT2D eigenvalue weighted by Crippen LogP contribution is 2.50. The summed E-state index contributed by atoms with van der Waals surface area (Å²) in [7, 11) is 0. The number of ether oxygens (including phenoxy) is 1. The van der Waals surface area contributed by atoms with Crippen LogP contribution in [0.5, 0.6) is 0 Å². The highest BCUT2D eigenvalue weighted by atomic mass is 32.2. The van der Waals surface area contributed by atoms with Crippen molar-refractivity contribution in [3.63, 3.8) is 0 Å². The van der Waals surface area contributed by atoms with Gasteiger partial charge in [-0.1, -0.05) is 25.1 Å². The van der Waals surface area contributed by atoms with E-state index < -0.39 is 0 Å². The van der Waals surface area contributed by atoms with Crippen molar-refractivity contribution in [3.8, 4) is 0 Å². The highest BCUT2D eigenvalue weighted by Gasteiger charge is 2.40. The average Bonchev–Trinajstić information content (AvgIpc) is 2.77. The quantitative estimate of drug-likeness (QED) is 0.714. The van der Waals surface area contributed by atoms with Crippen molar-refractivity contribution in [2.45, 2.75) is 36.0 Å². The second-order valence-electron chi connectivity index (χ2n) is 4.35. The van der Waals surface area contributed by atoms with Gasteiger partial charge in [0.15, 0.2) is 0 Å². The second kappa shape index (κ2) is 3.84. The molecule has 2 heteroatoms. The van der Waals surface area contributed by atoms with Crippen LogP contribution in [0.1, 0.15) is 31.4 Å². The topological polar surface area (TPSA) is 9.23 Å². The Labute approximate surface area is 95.2 Å². The fraction of sp³-hybridized carbons (Fsp3) is 0.538. The van der Waals surface area contributed by atoms with E-state index in [9.17, 15) is 0 Å². The summed E-state index contributed by atoms with van der Waals surface area (Å²) in [5.74, 6) is 0.745. The van der Waals surface area contributed by atoms with E-state index in [0.29, 0.717) is 6.10 Å². The van der Waals surface area contributed by atoms with Gasteiger partial charge < -0.3 is 4.74 Å². The summed E-state index contributed by atoms with van der Waals surface area (Å²) in [6.07, 6.45) is 2.88. The van der Waals surface area contributed by atoms with Crippen molar-refractivity contribution in [3.05, 3.63) is 29.8 Å². The minimum absolute atomic E-state index is 0.382. The second-order valence-corrected chi connectivity index (χ2v) is 5.63. The Morgan fingerprint density at radius 3 is 3.13 bits per heavy atom. The Morgan fingerprint density at radius 1 is 1.40 bits per heavy atom. The van der Waals surface area contributed by atoms with Gasteiger partial charge in [0.2, 0.25) is 0 Å². The third kappa shape index (κ3) is 1.51. The maximum Gasteiger partial charge on any atom is 0.0875 e. The maximum atomic E-state index is 5.90. The van der Waals surface area contributed by atoms with Crippen LogP contribution < -0.4 is 0 Å². The molecule has 0 saturated carbocycles. The minimum Gasteiger partial charge on any atom is -0.373 e. The zero-order chi connectivity index (χ0) is 10.3. The number of rotatable bonds is 1. The molecule has 3 atom stereocenters. The van der Waals surface area contributed by atoms with Crippen LogP contribution in [0.15, 0.2) is 29.2 Å². The third-order valence-electron chi connectivity index (χ3n) is 3.52. The lowest BCUT2D eigenvalue weighted by atomic mass is 9.90. The summed E-state index contributed by atoms with van der Waals surface area (Å²) < 4.78 is 5.90. The molecule has 1 aromatic rings. The molecule has 0 amide bonds. The van der Waals surface area contributed by atoms with E-state index in [-0.39, 0.29) is 0 Å². The van der Waals surface area contributed by atoms with E-state index in [4.69, 9.17) is 4.74 Å². The molecule has 0 bridgehead atoms. The van der Waals surface area contributed by atoms with Crippen molar-refractivity contribution in [2.24, 2.45) is 5.92 Å².